The molecule has 0 radical (unpaired) electrons. The van der Waals surface area contributed by atoms with E-state index in [1.54, 1.807) is 42.5 Å². The van der Waals surface area contributed by atoms with Gasteiger partial charge in [0.25, 0.3) is 11.8 Å². The summed E-state index contributed by atoms with van der Waals surface area (Å²) in [5.41, 5.74) is 9.92. The highest BCUT2D eigenvalue weighted by atomic mass is 16.5. The summed E-state index contributed by atoms with van der Waals surface area (Å²) in [5.74, 6) is 0.244. The summed E-state index contributed by atoms with van der Waals surface area (Å²) < 4.78 is 5.44. The first-order valence-corrected chi connectivity index (χ1v) is 11.3. The minimum atomic E-state index is -0.264. The van der Waals surface area contributed by atoms with Crippen LogP contribution in [0, 0.1) is 0 Å². The largest absolute Gasteiger partial charge is 0.494 e. The number of benzene rings is 3. The SMILES string of the molecule is C=C(NC(=O)c1ccc(C(C)(C)C)cc1)Nc1ccc(NC(=O)c2ccc(CN)cc2)c(OC)c1. The summed E-state index contributed by atoms with van der Waals surface area (Å²) in [6.45, 7) is 10.7. The topological polar surface area (TPSA) is 105 Å². The van der Waals surface area contributed by atoms with E-state index >= 15 is 0 Å². The van der Waals surface area contributed by atoms with Gasteiger partial charge in [-0.25, -0.2) is 0 Å². The number of nitrogens with two attached hydrogens (primary N) is 1. The third-order valence-corrected chi connectivity index (χ3v) is 5.47. The average molecular weight is 473 g/mol. The molecule has 0 fully saturated rings. The maximum Gasteiger partial charge on any atom is 0.256 e. The maximum atomic E-state index is 12.6. The number of ether oxygens (including phenoxy) is 1. The zero-order valence-corrected chi connectivity index (χ0v) is 20.6. The molecule has 0 aliphatic carbocycles. The molecule has 0 atom stereocenters. The van der Waals surface area contributed by atoms with Gasteiger partial charge in [0.2, 0.25) is 0 Å². The normalized spacial score (nSPS) is 10.9. The standard InChI is InChI=1S/C28H32N4O3/c1-18(31-26(33)21-10-12-22(13-11-21)28(2,3)4)30-23-14-15-24(25(16-23)35-5)32-27(34)20-8-6-19(17-29)7-9-20/h6-16,30H,1,17,29H2,2-5H3,(H,31,33)(H,32,34). The van der Waals surface area contributed by atoms with Gasteiger partial charge in [0.05, 0.1) is 12.8 Å². The first-order valence-electron chi connectivity index (χ1n) is 11.3. The van der Waals surface area contributed by atoms with E-state index < -0.39 is 0 Å². The maximum absolute atomic E-state index is 12.6. The van der Waals surface area contributed by atoms with Gasteiger partial charge in [-0.05, 0) is 52.9 Å². The van der Waals surface area contributed by atoms with Gasteiger partial charge < -0.3 is 26.4 Å². The van der Waals surface area contributed by atoms with Gasteiger partial charge in [0.1, 0.15) is 11.6 Å². The van der Waals surface area contributed by atoms with Gasteiger partial charge >= 0.3 is 0 Å². The first-order chi connectivity index (χ1) is 16.6. The van der Waals surface area contributed by atoms with E-state index in [9.17, 15) is 9.59 Å². The molecule has 0 bridgehead atoms. The van der Waals surface area contributed by atoms with Crippen molar-refractivity contribution in [3.63, 3.8) is 0 Å². The monoisotopic (exact) mass is 472 g/mol. The minimum absolute atomic E-state index is 0.0138. The number of rotatable bonds is 8. The molecule has 3 aromatic carbocycles. The smallest absolute Gasteiger partial charge is 0.256 e. The molecule has 0 unspecified atom stereocenters. The molecule has 0 heterocycles. The van der Waals surface area contributed by atoms with Crippen LogP contribution in [0.25, 0.3) is 0 Å². The second-order valence-corrected chi connectivity index (χ2v) is 9.16. The van der Waals surface area contributed by atoms with Gasteiger partial charge in [0, 0.05) is 29.4 Å². The zero-order valence-electron chi connectivity index (χ0n) is 20.6. The van der Waals surface area contributed by atoms with Crippen molar-refractivity contribution >= 4 is 23.2 Å². The molecule has 2 amide bonds. The summed E-state index contributed by atoms with van der Waals surface area (Å²) in [4.78, 5) is 25.2. The average Bonchev–Trinajstić information content (AvgIpc) is 2.84. The highest BCUT2D eigenvalue weighted by molar-refractivity contribution is 6.05. The van der Waals surface area contributed by atoms with Crippen LogP contribution in [0.1, 0.15) is 52.6 Å². The Bertz CT molecular complexity index is 1210. The van der Waals surface area contributed by atoms with E-state index in [0.29, 0.717) is 40.6 Å². The van der Waals surface area contributed by atoms with Crippen LogP contribution >= 0.6 is 0 Å². The lowest BCUT2D eigenvalue weighted by atomic mass is 9.87. The first kappa shape index (κ1) is 25.5. The number of carbonyl (C=O) groups is 2. The molecule has 0 aliphatic heterocycles. The molecule has 0 aromatic heterocycles. The number of anilines is 2. The summed E-state index contributed by atoms with van der Waals surface area (Å²) in [6, 6.07) is 19.8. The lowest BCUT2D eigenvalue weighted by molar-refractivity contribution is 0.0965. The van der Waals surface area contributed by atoms with Crippen LogP contribution < -0.4 is 26.4 Å². The molecule has 35 heavy (non-hydrogen) atoms. The van der Waals surface area contributed by atoms with Crippen LogP contribution in [0.5, 0.6) is 5.75 Å². The Labute approximate surface area is 206 Å². The number of carbonyl (C=O) groups excluding carboxylic acids is 2. The Morgan fingerprint density at radius 1 is 0.886 bits per heavy atom. The Morgan fingerprint density at radius 2 is 1.49 bits per heavy atom. The van der Waals surface area contributed by atoms with Crippen molar-refractivity contribution in [3.05, 3.63) is 101 Å². The fourth-order valence-electron chi connectivity index (χ4n) is 3.40. The molecule has 0 saturated heterocycles. The Kier molecular flexibility index (Phi) is 7.94. The lowest BCUT2D eigenvalue weighted by Gasteiger charge is -2.19. The number of amides is 2. The van der Waals surface area contributed by atoms with Crippen LogP contribution in [0.2, 0.25) is 0 Å². The van der Waals surface area contributed by atoms with E-state index in [1.807, 2.05) is 24.3 Å². The second-order valence-electron chi connectivity index (χ2n) is 9.16. The second kappa shape index (κ2) is 10.9. The van der Waals surface area contributed by atoms with Crippen molar-refractivity contribution in [1.82, 2.24) is 5.32 Å². The number of hydrogen-bond acceptors (Lipinski definition) is 5. The Morgan fingerprint density at radius 3 is 2.06 bits per heavy atom. The third-order valence-electron chi connectivity index (χ3n) is 5.47. The molecule has 0 saturated carbocycles. The molecule has 3 rings (SSSR count). The van der Waals surface area contributed by atoms with Crippen LogP contribution in [0.4, 0.5) is 11.4 Å². The van der Waals surface area contributed by atoms with Crippen molar-refractivity contribution in [1.29, 1.82) is 0 Å². The van der Waals surface area contributed by atoms with Crippen LogP contribution in [0.15, 0.2) is 79.1 Å². The summed E-state index contributed by atoms with van der Waals surface area (Å²) >= 11 is 0. The lowest BCUT2D eigenvalue weighted by Crippen LogP contribution is -2.26. The summed E-state index contributed by atoms with van der Waals surface area (Å²) in [5, 5.41) is 8.65. The number of nitrogens with one attached hydrogen (secondary N) is 3. The van der Waals surface area contributed by atoms with Crippen LogP contribution in [-0.4, -0.2) is 18.9 Å². The molecule has 7 nitrogen and oxygen atoms in total. The molecule has 5 N–H and O–H groups in total. The fraction of sp³-hybridized carbons (Fsp3) is 0.214. The predicted molar refractivity (Wildman–Crippen MR) is 141 cm³/mol. The number of methoxy groups -OCH3 is 1. The van der Waals surface area contributed by atoms with Gasteiger partial charge in [-0.15, -0.1) is 0 Å². The van der Waals surface area contributed by atoms with Crippen LogP contribution in [0.3, 0.4) is 0 Å². The van der Waals surface area contributed by atoms with E-state index in [4.69, 9.17) is 10.5 Å². The molecule has 3 aromatic rings. The minimum Gasteiger partial charge on any atom is -0.494 e. The highest BCUT2D eigenvalue weighted by Gasteiger charge is 2.15. The highest BCUT2D eigenvalue weighted by Crippen LogP contribution is 2.29. The summed E-state index contributed by atoms with van der Waals surface area (Å²) in [7, 11) is 1.52. The third kappa shape index (κ3) is 6.71. The van der Waals surface area contributed by atoms with E-state index in [1.165, 1.54) is 7.11 Å². The molecule has 7 heteroatoms. The van der Waals surface area contributed by atoms with Gasteiger partial charge in [-0.1, -0.05) is 51.6 Å². The van der Waals surface area contributed by atoms with E-state index in [0.717, 1.165) is 11.1 Å². The van der Waals surface area contributed by atoms with Crippen LogP contribution in [-0.2, 0) is 12.0 Å². The zero-order chi connectivity index (χ0) is 25.6. The molecule has 0 aliphatic rings. The molecule has 182 valence electrons. The quantitative estimate of drug-likeness (QED) is 0.369. The predicted octanol–water partition coefficient (Wildman–Crippen LogP) is 5.02. The van der Waals surface area contributed by atoms with Crippen molar-refractivity contribution in [2.75, 3.05) is 17.7 Å². The summed E-state index contributed by atoms with van der Waals surface area (Å²) in [6.07, 6.45) is 0. The van der Waals surface area contributed by atoms with Crippen molar-refractivity contribution in [3.8, 4) is 5.75 Å². The molecular formula is C28H32N4O3. The Hall–Kier alpha value is -4.10. The van der Waals surface area contributed by atoms with E-state index in [-0.39, 0.29) is 17.2 Å². The molecule has 0 spiro atoms. The van der Waals surface area contributed by atoms with Crippen molar-refractivity contribution in [2.45, 2.75) is 32.7 Å². The Balaban J connectivity index is 1.63. The van der Waals surface area contributed by atoms with Crippen molar-refractivity contribution in [2.24, 2.45) is 5.73 Å². The van der Waals surface area contributed by atoms with Gasteiger partial charge in [-0.3, -0.25) is 9.59 Å². The van der Waals surface area contributed by atoms with Gasteiger partial charge in [0.15, 0.2) is 0 Å². The van der Waals surface area contributed by atoms with E-state index in [2.05, 4.69) is 43.3 Å². The fourth-order valence-corrected chi connectivity index (χ4v) is 3.40. The van der Waals surface area contributed by atoms with Gasteiger partial charge in [-0.2, -0.15) is 0 Å². The number of hydrogen-bond donors (Lipinski definition) is 4. The van der Waals surface area contributed by atoms with Crippen molar-refractivity contribution < 1.29 is 14.3 Å². The molecular weight excluding hydrogens is 440 g/mol.